The first-order valence-corrected chi connectivity index (χ1v) is 8.41. The molecule has 7 nitrogen and oxygen atoms in total. The molecule has 3 aromatic rings. The van der Waals surface area contributed by atoms with Crippen molar-refractivity contribution in [3.63, 3.8) is 0 Å². The van der Waals surface area contributed by atoms with Crippen LogP contribution >= 0.6 is 0 Å². The van der Waals surface area contributed by atoms with Gasteiger partial charge in [-0.25, -0.2) is 4.98 Å². The average Bonchev–Trinajstić information content (AvgIpc) is 2.87. The molecule has 2 N–H and O–H groups in total. The molecule has 0 bridgehead atoms. The number of aryl methyl sites for hydroxylation is 3. The maximum Gasteiger partial charge on any atom is 0.257 e. The van der Waals surface area contributed by atoms with E-state index >= 15 is 0 Å². The highest BCUT2D eigenvalue weighted by Crippen LogP contribution is 2.21. The second-order valence-corrected chi connectivity index (χ2v) is 6.14. The van der Waals surface area contributed by atoms with Gasteiger partial charge in [-0.2, -0.15) is 5.10 Å². The van der Waals surface area contributed by atoms with Gasteiger partial charge in [0.25, 0.3) is 5.91 Å². The Labute approximate surface area is 151 Å². The molecule has 0 atom stereocenters. The van der Waals surface area contributed by atoms with Gasteiger partial charge in [-0.05, 0) is 38.1 Å². The summed E-state index contributed by atoms with van der Waals surface area (Å²) in [6.07, 6.45) is 0.395. The first-order chi connectivity index (χ1) is 12.4. The molecule has 0 fully saturated rings. The number of carbonyl (C=O) groups is 2. The Bertz CT molecular complexity index is 1010. The van der Waals surface area contributed by atoms with Gasteiger partial charge in [0, 0.05) is 30.2 Å². The smallest absolute Gasteiger partial charge is 0.257 e. The number of fused-ring (bicyclic) bond motifs is 1. The second kappa shape index (κ2) is 6.95. The van der Waals surface area contributed by atoms with Gasteiger partial charge in [-0.1, -0.05) is 13.0 Å². The van der Waals surface area contributed by atoms with Crippen LogP contribution in [0.4, 0.5) is 11.4 Å². The highest BCUT2D eigenvalue weighted by Gasteiger charge is 2.15. The first-order valence-electron chi connectivity index (χ1n) is 8.41. The van der Waals surface area contributed by atoms with Gasteiger partial charge >= 0.3 is 0 Å². The van der Waals surface area contributed by atoms with E-state index in [4.69, 9.17) is 0 Å². The lowest BCUT2D eigenvalue weighted by Gasteiger charge is -2.10. The molecule has 0 spiro atoms. The zero-order valence-electron chi connectivity index (χ0n) is 15.3. The number of carbonyl (C=O) groups excluding carboxylic acids is 2. The summed E-state index contributed by atoms with van der Waals surface area (Å²) in [5, 5.41) is 10.8. The minimum Gasteiger partial charge on any atom is -0.326 e. The van der Waals surface area contributed by atoms with Crippen molar-refractivity contribution in [2.24, 2.45) is 7.05 Å². The Morgan fingerprint density at radius 2 is 1.77 bits per heavy atom. The molecule has 7 heteroatoms. The number of nitrogens with one attached hydrogen (secondary N) is 2. The summed E-state index contributed by atoms with van der Waals surface area (Å²) in [7, 11) is 1.83. The maximum absolute atomic E-state index is 12.7. The first kappa shape index (κ1) is 17.6. The molecule has 0 unspecified atom stereocenters. The van der Waals surface area contributed by atoms with Crippen LogP contribution in [0.2, 0.25) is 0 Å². The van der Waals surface area contributed by atoms with Crippen LogP contribution in [0.15, 0.2) is 30.3 Å². The molecule has 1 aromatic carbocycles. The molecule has 3 rings (SSSR count). The molecular formula is C19H21N5O2. The molecule has 0 radical (unpaired) electrons. The quantitative estimate of drug-likeness (QED) is 0.755. The molecule has 0 saturated heterocycles. The summed E-state index contributed by atoms with van der Waals surface area (Å²) < 4.78 is 1.71. The predicted molar refractivity (Wildman–Crippen MR) is 101 cm³/mol. The topological polar surface area (TPSA) is 88.9 Å². The summed E-state index contributed by atoms with van der Waals surface area (Å²) in [6, 6.07) is 8.87. The van der Waals surface area contributed by atoms with Crippen LogP contribution in [0.1, 0.15) is 35.1 Å². The van der Waals surface area contributed by atoms with Crippen LogP contribution in [0.3, 0.4) is 0 Å². The highest BCUT2D eigenvalue weighted by molar-refractivity contribution is 6.07. The maximum atomic E-state index is 12.7. The van der Waals surface area contributed by atoms with Crippen LogP contribution in [0.5, 0.6) is 0 Å². The Kier molecular flexibility index (Phi) is 4.71. The van der Waals surface area contributed by atoms with Crippen molar-refractivity contribution in [1.29, 1.82) is 0 Å². The zero-order chi connectivity index (χ0) is 18.8. The standard InChI is InChI=1S/C19H21N5O2/c1-5-17(25)21-13-7-6-8-14(9-13)22-19(26)16-10-15-12(3)23-24(4)18(15)20-11(16)2/h6-10H,5H2,1-4H3,(H,21,25)(H,22,26). The number of hydrogen-bond donors (Lipinski definition) is 2. The summed E-state index contributed by atoms with van der Waals surface area (Å²) in [4.78, 5) is 28.8. The van der Waals surface area contributed by atoms with Crippen molar-refractivity contribution in [2.45, 2.75) is 27.2 Å². The van der Waals surface area contributed by atoms with Crippen LogP contribution in [-0.4, -0.2) is 26.6 Å². The average molecular weight is 351 g/mol. The van der Waals surface area contributed by atoms with E-state index in [0.717, 1.165) is 16.7 Å². The normalized spacial score (nSPS) is 10.8. The van der Waals surface area contributed by atoms with Crippen molar-refractivity contribution in [3.05, 3.63) is 47.3 Å². The molecule has 26 heavy (non-hydrogen) atoms. The van der Waals surface area contributed by atoms with Gasteiger partial charge in [0.2, 0.25) is 5.91 Å². The third-order valence-corrected chi connectivity index (χ3v) is 4.16. The van der Waals surface area contributed by atoms with Crippen molar-refractivity contribution in [1.82, 2.24) is 14.8 Å². The van der Waals surface area contributed by atoms with Crippen molar-refractivity contribution < 1.29 is 9.59 Å². The van der Waals surface area contributed by atoms with E-state index in [-0.39, 0.29) is 11.8 Å². The van der Waals surface area contributed by atoms with Crippen LogP contribution in [0.25, 0.3) is 11.0 Å². The number of aromatic nitrogens is 3. The number of pyridine rings is 1. The monoisotopic (exact) mass is 351 g/mol. The number of rotatable bonds is 4. The fourth-order valence-electron chi connectivity index (χ4n) is 2.78. The van der Waals surface area contributed by atoms with E-state index < -0.39 is 0 Å². The van der Waals surface area contributed by atoms with Gasteiger partial charge in [-0.15, -0.1) is 0 Å². The van der Waals surface area contributed by atoms with E-state index in [1.54, 1.807) is 42.8 Å². The molecule has 2 aromatic heterocycles. The molecular weight excluding hydrogens is 330 g/mol. The molecule has 2 amide bonds. The number of benzene rings is 1. The Hall–Kier alpha value is -3.22. The second-order valence-electron chi connectivity index (χ2n) is 6.14. The van der Waals surface area contributed by atoms with Crippen LogP contribution in [-0.2, 0) is 11.8 Å². The summed E-state index contributed by atoms with van der Waals surface area (Å²) in [6.45, 7) is 5.48. The zero-order valence-corrected chi connectivity index (χ0v) is 15.3. The van der Waals surface area contributed by atoms with E-state index in [1.165, 1.54) is 0 Å². The lowest BCUT2D eigenvalue weighted by atomic mass is 10.1. The highest BCUT2D eigenvalue weighted by atomic mass is 16.2. The summed E-state index contributed by atoms with van der Waals surface area (Å²) in [5.41, 5.74) is 3.95. The summed E-state index contributed by atoms with van der Waals surface area (Å²) >= 11 is 0. The fraction of sp³-hybridized carbons (Fsp3) is 0.263. The van der Waals surface area contributed by atoms with Crippen LogP contribution in [0, 0.1) is 13.8 Å². The van der Waals surface area contributed by atoms with Gasteiger partial charge < -0.3 is 10.6 Å². The van der Waals surface area contributed by atoms with E-state index in [9.17, 15) is 9.59 Å². The lowest BCUT2D eigenvalue weighted by molar-refractivity contribution is -0.115. The Morgan fingerprint density at radius 1 is 1.08 bits per heavy atom. The molecule has 0 aliphatic heterocycles. The van der Waals surface area contributed by atoms with E-state index in [0.29, 0.717) is 29.1 Å². The molecule has 0 saturated carbocycles. The Morgan fingerprint density at radius 3 is 2.46 bits per heavy atom. The van der Waals surface area contributed by atoms with Gasteiger partial charge in [0.1, 0.15) is 0 Å². The number of anilines is 2. The van der Waals surface area contributed by atoms with Crippen LogP contribution < -0.4 is 10.6 Å². The number of nitrogens with zero attached hydrogens (tertiary/aromatic N) is 3. The molecule has 0 aliphatic rings. The lowest BCUT2D eigenvalue weighted by Crippen LogP contribution is -2.15. The Balaban J connectivity index is 1.87. The van der Waals surface area contributed by atoms with Crippen molar-refractivity contribution in [3.8, 4) is 0 Å². The van der Waals surface area contributed by atoms with Gasteiger partial charge in [0.15, 0.2) is 5.65 Å². The summed E-state index contributed by atoms with van der Waals surface area (Å²) in [5.74, 6) is -0.329. The third-order valence-electron chi connectivity index (χ3n) is 4.16. The SMILES string of the molecule is CCC(=O)Nc1cccc(NC(=O)c2cc3c(C)nn(C)c3nc2C)c1. The van der Waals surface area contributed by atoms with Gasteiger partial charge in [0.05, 0.1) is 17.0 Å². The molecule has 134 valence electrons. The minimum absolute atomic E-state index is 0.0778. The molecule has 2 heterocycles. The largest absolute Gasteiger partial charge is 0.326 e. The van der Waals surface area contributed by atoms with Crippen molar-refractivity contribution in [2.75, 3.05) is 10.6 Å². The number of amides is 2. The van der Waals surface area contributed by atoms with Crippen molar-refractivity contribution >= 4 is 34.2 Å². The fourth-order valence-corrected chi connectivity index (χ4v) is 2.78. The third kappa shape index (κ3) is 3.42. The predicted octanol–water partition coefficient (Wildman–Crippen LogP) is 3.19. The molecule has 0 aliphatic carbocycles. The number of hydrogen-bond acceptors (Lipinski definition) is 4. The van der Waals surface area contributed by atoms with E-state index in [2.05, 4.69) is 20.7 Å². The van der Waals surface area contributed by atoms with E-state index in [1.807, 2.05) is 20.0 Å². The minimum atomic E-state index is -0.251. The van der Waals surface area contributed by atoms with Gasteiger partial charge in [-0.3, -0.25) is 14.3 Å².